The summed E-state index contributed by atoms with van der Waals surface area (Å²) in [6.45, 7) is 1.09. The second-order valence-electron chi connectivity index (χ2n) is 4.27. The van der Waals surface area contributed by atoms with E-state index in [1.165, 1.54) is 5.41 Å². The summed E-state index contributed by atoms with van der Waals surface area (Å²) in [7, 11) is -3.03. The lowest BCUT2D eigenvalue weighted by molar-refractivity contribution is 0.171. The molecule has 5 nitrogen and oxygen atoms in total. The maximum atomic E-state index is 11.3. The molecule has 2 aliphatic rings. The van der Waals surface area contributed by atoms with Gasteiger partial charge in [0.15, 0.2) is 21.3 Å². The predicted molar refractivity (Wildman–Crippen MR) is 67.8 cm³/mol. The van der Waals surface area contributed by atoms with Crippen molar-refractivity contribution < 1.29 is 17.9 Å². The maximum Gasteiger partial charge on any atom is 0.173 e. The Bertz CT molecular complexity index is 594. The SMILES string of the molecule is O=S1(=O)C=CC(Nc2ccc3c(c2)OCCO3)C1. The molecule has 0 amide bonds. The highest BCUT2D eigenvalue weighted by molar-refractivity contribution is 7.94. The first kappa shape index (κ1) is 11.4. The average molecular weight is 267 g/mol. The van der Waals surface area contributed by atoms with E-state index in [0.717, 1.165) is 11.4 Å². The quantitative estimate of drug-likeness (QED) is 0.871. The lowest BCUT2D eigenvalue weighted by Gasteiger charge is -2.20. The molecule has 2 heterocycles. The average Bonchev–Trinajstić information content (AvgIpc) is 2.68. The van der Waals surface area contributed by atoms with E-state index in [2.05, 4.69) is 5.32 Å². The van der Waals surface area contributed by atoms with Gasteiger partial charge in [-0.2, -0.15) is 0 Å². The minimum atomic E-state index is -3.03. The van der Waals surface area contributed by atoms with Crippen LogP contribution < -0.4 is 14.8 Å². The maximum absolute atomic E-state index is 11.3. The van der Waals surface area contributed by atoms with Crippen LogP contribution in [0.2, 0.25) is 0 Å². The third kappa shape index (κ3) is 2.28. The molecule has 0 saturated carbocycles. The number of hydrogen-bond acceptors (Lipinski definition) is 5. The van der Waals surface area contributed by atoms with Gasteiger partial charge in [-0.15, -0.1) is 0 Å². The van der Waals surface area contributed by atoms with Gasteiger partial charge in [0.2, 0.25) is 0 Å². The Morgan fingerprint density at radius 2 is 1.94 bits per heavy atom. The number of sulfone groups is 1. The molecular weight excluding hydrogens is 254 g/mol. The van der Waals surface area contributed by atoms with Crippen LogP contribution in [0, 0.1) is 0 Å². The highest BCUT2D eigenvalue weighted by atomic mass is 32.2. The Kier molecular flexibility index (Phi) is 2.66. The first-order valence-corrected chi connectivity index (χ1v) is 7.41. The standard InChI is InChI=1S/C12H13NO4S/c14-18(15)6-3-10(8-18)13-9-1-2-11-12(7-9)17-5-4-16-11/h1-3,6-7,10,13H,4-5,8H2. The molecule has 0 aliphatic carbocycles. The van der Waals surface area contributed by atoms with Crippen molar-refractivity contribution in [3.63, 3.8) is 0 Å². The number of rotatable bonds is 2. The molecule has 0 aromatic heterocycles. The lowest BCUT2D eigenvalue weighted by Crippen LogP contribution is -2.21. The molecule has 0 fully saturated rings. The summed E-state index contributed by atoms with van der Waals surface area (Å²) in [5.41, 5.74) is 0.825. The van der Waals surface area contributed by atoms with Crippen LogP contribution in [0.3, 0.4) is 0 Å². The summed E-state index contributed by atoms with van der Waals surface area (Å²) < 4.78 is 33.5. The molecule has 1 atom stereocenters. The summed E-state index contributed by atoms with van der Waals surface area (Å²) in [6.07, 6.45) is 1.66. The van der Waals surface area contributed by atoms with Crippen molar-refractivity contribution >= 4 is 15.5 Å². The van der Waals surface area contributed by atoms with Gasteiger partial charge in [0.25, 0.3) is 0 Å². The summed E-state index contributed by atoms with van der Waals surface area (Å²) in [5.74, 6) is 1.51. The van der Waals surface area contributed by atoms with Crippen LogP contribution in [0.15, 0.2) is 29.7 Å². The monoisotopic (exact) mass is 267 g/mol. The van der Waals surface area contributed by atoms with Crippen molar-refractivity contribution in [1.29, 1.82) is 0 Å². The van der Waals surface area contributed by atoms with E-state index >= 15 is 0 Å². The van der Waals surface area contributed by atoms with Crippen molar-refractivity contribution in [2.24, 2.45) is 0 Å². The van der Waals surface area contributed by atoms with Crippen LogP contribution in [0.1, 0.15) is 0 Å². The Morgan fingerprint density at radius 1 is 1.17 bits per heavy atom. The van der Waals surface area contributed by atoms with Crippen LogP contribution >= 0.6 is 0 Å². The molecule has 1 aromatic carbocycles. The summed E-state index contributed by atoms with van der Waals surface area (Å²) in [6, 6.07) is 5.32. The second-order valence-corrected chi connectivity index (χ2v) is 6.20. The van der Waals surface area contributed by atoms with E-state index in [0.29, 0.717) is 19.0 Å². The molecule has 6 heteroatoms. The van der Waals surface area contributed by atoms with E-state index < -0.39 is 9.84 Å². The van der Waals surface area contributed by atoms with Crippen molar-refractivity contribution in [2.45, 2.75) is 6.04 Å². The van der Waals surface area contributed by atoms with Gasteiger partial charge < -0.3 is 14.8 Å². The summed E-state index contributed by atoms with van der Waals surface area (Å²) in [4.78, 5) is 0. The first-order valence-electron chi connectivity index (χ1n) is 5.69. The van der Waals surface area contributed by atoms with Gasteiger partial charge >= 0.3 is 0 Å². The van der Waals surface area contributed by atoms with Crippen molar-refractivity contribution in [1.82, 2.24) is 0 Å². The van der Waals surface area contributed by atoms with Gasteiger partial charge in [0.1, 0.15) is 13.2 Å². The number of hydrogen-bond donors (Lipinski definition) is 1. The van der Waals surface area contributed by atoms with E-state index in [9.17, 15) is 8.42 Å². The van der Waals surface area contributed by atoms with Gasteiger partial charge in [-0.3, -0.25) is 0 Å². The van der Waals surface area contributed by atoms with E-state index in [1.54, 1.807) is 6.08 Å². The largest absolute Gasteiger partial charge is 0.486 e. The minimum absolute atomic E-state index is 0.0987. The zero-order valence-corrected chi connectivity index (χ0v) is 10.4. The fourth-order valence-corrected chi connectivity index (χ4v) is 3.25. The summed E-state index contributed by atoms with van der Waals surface area (Å²) in [5, 5.41) is 4.40. The first-order chi connectivity index (χ1) is 8.62. The Morgan fingerprint density at radius 3 is 2.67 bits per heavy atom. The van der Waals surface area contributed by atoms with Gasteiger partial charge in [0, 0.05) is 17.2 Å². The third-order valence-corrected chi connectivity index (χ3v) is 4.22. The van der Waals surface area contributed by atoms with Gasteiger partial charge in [-0.1, -0.05) is 6.08 Å². The minimum Gasteiger partial charge on any atom is -0.486 e. The Hall–Kier alpha value is -1.69. The number of anilines is 1. The van der Waals surface area contributed by atoms with Gasteiger partial charge in [-0.25, -0.2) is 8.42 Å². The normalized spacial score (nSPS) is 23.9. The molecule has 96 valence electrons. The number of nitrogens with one attached hydrogen (secondary N) is 1. The van der Waals surface area contributed by atoms with E-state index in [-0.39, 0.29) is 11.8 Å². The molecule has 2 aliphatic heterocycles. The molecular formula is C12H13NO4S. The van der Waals surface area contributed by atoms with Crippen molar-refractivity contribution in [3.8, 4) is 11.5 Å². The van der Waals surface area contributed by atoms with Crippen LogP contribution in [-0.4, -0.2) is 33.4 Å². The summed E-state index contributed by atoms with van der Waals surface area (Å²) >= 11 is 0. The molecule has 0 spiro atoms. The highest BCUT2D eigenvalue weighted by Crippen LogP contribution is 2.33. The zero-order valence-electron chi connectivity index (χ0n) is 9.63. The molecule has 0 bridgehead atoms. The van der Waals surface area contributed by atoms with E-state index in [4.69, 9.17) is 9.47 Å². The van der Waals surface area contributed by atoms with Crippen molar-refractivity contribution in [3.05, 3.63) is 29.7 Å². The number of ether oxygens (including phenoxy) is 2. The molecule has 1 N–H and O–H groups in total. The third-order valence-electron chi connectivity index (χ3n) is 2.82. The molecule has 18 heavy (non-hydrogen) atoms. The Labute approximate surface area is 105 Å². The molecule has 1 aromatic rings. The second kappa shape index (κ2) is 4.20. The lowest BCUT2D eigenvalue weighted by atomic mass is 10.2. The fourth-order valence-electron chi connectivity index (χ4n) is 2.01. The Balaban J connectivity index is 1.76. The zero-order chi connectivity index (χ0) is 12.6. The fraction of sp³-hybridized carbons (Fsp3) is 0.333. The highest BCUT2D eigenvalue weighted by Gasteiger charge is 2.22. The van der Waals surface area contributed by atoms with Gasteiger partial charge in [-0.05, 0) is 12.1 Å². The van der Waals surface area contributed by atoms with E-state index in [1.807, 2.05) is 18.2 Å². The van der Waals surface area contributed by atoms with Crippen LogP contribution in [0.25, 0.3) is 0 Å². The molecule has 1 unspecified atom stereocenters. The topological polar surface area (TPSA) is 64.6 Å². The number of benzene rings is 1. The number of fused-ring (bicyclic) bond motifs is 1. The molecule has 0 saturated heterocycles. The van der Waals surface area contributed by atoms with Crippen LogP contribution in [0.5, 0.6) is 11.5 Å². The smallest absolute Gasteiger partial charge is 0.173 e. The predicted octanol–water partition coefficient (Wildman–Crippen LogP) is 1.18. The molecule has 3 rings (SSSR count). The molecule has 0 radical (unpaired) electrons. The van der Waals surface area contributed by atoms with Crippen LogP contribution in [0.4, 0.5) is 5.69 Å². The van der Waals surface area contributed by atoms with Crippen molar-refractivity contribution in [2.75, 3.05) is 24.3 Å². The van der Waals surface area contributed by atoms with Crippen LogP contribution in [-0.2, 0) is 9.84 Å². The van der Waals surface area contributed by atoms with Gasteiger partial charge in [0.05, 0.1) is 11.8 Å².